The van der Waals surface area contributed by atoms with E-state index in [0.717, 1.165) is 22.9 Å². The average molecular weight is 468 g/mol. The van der Waals surface area contributed by atoms with Crippen molar-refractivity contribution in [3.8, 4) is 0 Å². The van der Waals surface area contributed by atoms with Gasteiger partial charge in [0, 0.05) is 29.1 Å². The van der Waals surface area contributed by atoms with Gasteiger partial charge in [0.25, 0.3) is 10.1 Å². The molecule has 1 aliphatic rings. The van der Waals surface area contributed by atoms with Crippen molar-refractivity contribution in [3.63, 3.8) is 0 Å². The zero-order valence-corrected chi connectivity index (χ0v) is 19.5. The van der Waals surface area contributed by atoms with Crippen molar-refractivity contribution in [1.29, 1.82) is 0 Å². The van der Waals surface area contributed by atoms with Crippen LogP contribution in [0, 0.1) is 19.7 Å². The number of likely N-dealkylation sites (tertiary alicyclic amines) is 1. The van der Waals surface area contributed by atoms with Crippen LogP contribution in [0.2, 0.25) is 5.02 Å². The largest absolute Gasteiger partial charge is 0.341 e. The maximum Gasteiger partial charge on any atom is 0.264 e. The minimum absolute atomic E-state index is 0.0351. The van der Waals surface area contributed by atoms with E-state index in [0.29, 0.717) is 25.9 Å². The van der Waals surface area contributed by atoms with Crippen LogP contribution in [0.1, 0.15) is 35.1 Å². The molecule has 168 valence electrons. The molecule has 1 amide bonds. The molecule has 0 aliphatic carbocycles. The van der Waals surface area contributed by atoms with Crippen molar-refractivity contribution in [2.45, 2.75) is 38.5 Å². The zero-order chi connectivity index (χ0) is 22.8. The van der Waals surface area contributed by atoms with Crippen LogP contribution in [0.15, 0.2) is 36.4 Å². The predicted octanol–water partition coefficient (Wildman–Crippen LogP) is 4.18. The summed E-state index contributed by atoms with van der Waals surface area (Å²) in [5, 5.41) is 0.231. The lowest BCUT2D eigenvalue weighted by atomic mass is 9.74. The van der Waals surface area contributed by atoms with Crippen LogP contribution in [0.4, 0.5) is 4.39 Å². The fraction of sp³-hybridized carbons (Fsp3) is 0.435. The highest BCUT2D eigenvalue weighted by Gasteiger charge is 2.42. The van der Waals surface area contributed by atoms with Gasteiger partial charge < -0.3 is 4.90 Å². The second-order valence-electron chi connectivity index (χ2n) is 8.32. The Bertz CT molecular complexity index is 1070. The molecule has 2 aromatic carbocycles. The Morgan fingerprint density at radius 2 is 2.00 bits per heavy atom. The second kappa shape index (κ2) is 9.27. The molecule has 1 aliphatic heterocycles. The van der Waals surface area contributed by atoms with Crippen LogP contribution >= 0.6 is 11.6 Å². The molecule has 0 bridgehead atoms. The van der Waals surface area contributed by atoms with E-state index in [9.17, 15) is 17.6 Å². The Morgan fingerprint density at radius 3 is 2.68 bits per heavy atom. The van der Waals surface area contributed by atoms with E-state index in [1.54, 1.807) is 11.0 Å². The molecule has 0 saturated carbocycles. The first kappa shape index (κ1) is 23.7. The van der Waals surface area contributed by atoms with Crippen molar-refractivity contribution >= 4 is 27.6 Å². The molecule has 31 heavy (non-hydrogen) atoms. The first-order valence-electron chi connectivity index (χ1n) is 10.1. The lowest BCUT2D eigenvalue weighted by Crippen LogP contribution is -2.37. The van der Waals surface area contributed by atoms with E-state index < -0.39 is 21.4 Å². The van der Waals surface area contributed by atoms with E-state index in [1.165, 1.54) is 12.1 Å². The van der Waals surface area contributed by atoms with Gasteiger partial charge in [0.2, 0.25) is 5.91 Å². The number of carbonyl (C=O) groups excluding carboxylic acids is 1. The van der Waals surface area contributed by atoms with Crippen molar-refractivity contribution in [2.75, 3.05) is 26.0 Å². The van der Waals surface area contributed by atoms with E-state index in [1.807, 2.05) is 26.0 Å². The topological polar surface area (TPSA) is 63.7 Å². The van der Waals surface area contributed by atoms with Gasteiger partial charge in [0.05, 0.1) is 19.3 Å². The van der Waals surface area contributed by atoms with Crippen LogP contribution in [-0.4, -0.2) is 45.2 Å². The first-order valence-corrected chi connectivity index (χ1v) is 12.3. The van der Waals surface area contributed by atoms with Crippen molar-refractivity contribution in [2.24, 2.45) is 0 Å². The molecule has 0 aromatic heterocycles. The van der Waals surface area contributed by atoms with Gasteiger partial charge in [0.1, 0.15) is 5.82 Å². The number of halogens is 2. The number of hydrogen-bond donors (Lipinski definition) is 0. The summed E-state index contributed by atoms with van der Waals surface area (Å²) in [6.07, 6.45) is 2.03. The average Bonchev–Trinajstić information content (AvgIpc) is 3.11. The number of hydrogen-bond acceptors (Lipinski definition) is 4. The molecular weight excluding hydrogens is 441 g/mol. The molecule has 1 heterocycles. The minimum atomic E-state index is -3.56. The Morgan fingerprint density at radius 1 is 1.26 bits per heavy atom. The number of carbonyl (C=O) groups is 1. The second-order valence-corrected chi connectivity index (χ2v) is 10.4. The number of rotatable bonds is 7. The van der Waals surface area contributed by atoms with E-state index >= 15 is 0 Å². The monoisotopic (exact) mass is 467 g/mol. The van der Waals surface area contributed by atoms with Gasteiger partial charge in [-0.3, -0.25) is 8.98 Å². The predicted molar refractivity (Wildman–Crippen MR) is 119 cm³/mol. The van der Waals surface area contributed by atoms with Crippen molar-refractivity contribution < 1.29 is 21.8 Å². The van der Waals surface area contributed by atoms with E-state index in [4.69, 9.17) is 15.8 Å². The normalized spacial score (nSPS) is 19.1. The van der Waals surface area contributed by atoms with Crippen LogP contribution in [-0.2, 0) is 30.9 Å². The van der Waals surface area contributed by atoms with Crippen LogP contribution in [0.25, 0.3) is 0 Å². The van der Waals surface area contributed by atoms with Crippen LogP contribution in [0.5, 0.6) is 0 Å². The summed E-state index contributed by atoms with van der Waals surface area (Å²) in [5.74, 6) is -0.703. The summed E-state index contributed by atoms with van der Waals surface area (Å²) >= 11 is 6.10. The van der Waals surface area contributed by atoms with E-state index in [2.05, 4.69) is 6.07 Å². The molecule has 1 saturated heterocycles. The van der Waals surface area contributed by atoms with Gasteiger partial charge in [-0.15, -0.1) is 0 Å². The fourth-order valence-corrected chi connectivity index (χ4v) is 4.92. The summed E-state index contributed by atoms with van der Waals surface area (Å²) in [6, 6.07) is 10.5. The number of amides is 1. The number of nitrogens with zero attached hydrogens (tertiary/aromatic N) is 1. The molecular formula is C23H27ClFNO4S. The van der Waals surface area contributed by atoms with Crippen LogP contribution in [0.3, 0.4) is 0 Å². The van der Waals surface area contributed by atoms with E-state index in [-0.39, 0.29) is 29.5 Å². The molecule has 0 spiro atoms. The summed E-state index contributed by atoms with van der Waals surface area (Å²) in [4.78, 5) is 14.7. The quantitative estimate of drug-likeness (QED) is 0.573. The van der Waals surface area contributed by atoms with Crippen molar-refractivity contribution in [3.05, 3.63) is 69.5 Å². The van der Waals surface area contributed by atoms with Gasteiger partial charge in [-0.1, -0.05) is 41.4 Å². The summed E-state index contributed by atoms with van der Waals surface area (Å²) in [5.41, 5.74) is 3.01. The van der Waals surface area contributed by atoms with Crippen molar-refractivity contribution in [1.82, 2.24) is 4.90 Å². The van der Waals surface area contributed by atoms with Gasteiger partial charge in [-0.05, 0) is 49.9 Å². The third kappa shape index (κ3) is 5.64. The summed E-state index contributed by atoms with van der Waals surface area (Å²) < 4.78 is 42.1. The van der Waals surface area contributed by atoms with Gasteiger partial charge in [-0.2, -0.15) is 8.42 Å². The fourth-order valence-electron chi connectivity index (χ4n) is 4.30. The maximum absolute atomic E-state index is 14.2. The molecule has 0 unspecified atom stereocenters. The molecule has 0 N–H and O–H groups in total. The highest BCUT2D eigenvalue weighted by atomic mass is 35.5. The van der Waals surface area contributed by atoms with Crippen LogP contribution < -0.4 is 0 Å². The summed E-state index contributed by atoms with van der Waals surface area (Å²) in [6.45, 7) is 4.96. The van der Waals surface area contributed by atoms with Gasteiger partial charge in [-0.25, -0.2) is 4.39 Å². The molecule has 2 aromatic rings. The first-order chi connectivity index (χ1) is 14.5. The Kier molecular flexibility index (Phi) is 7.08. The highest BCUT2D eigenvalue weighted by Crippen LogP contribution is 2.40. The summed E-state index contributed by atoms with van der Waals surface area (Å²) in [7, 11) is -3.56. The molecule has 1 fully saturated rings. The number of benzene rings is 2. The Balaban J connectivity index is 1.85. The SMILES string of the molecule is Cc1ccc(C)c([C@@]2(CCOS(C)(=O)=O)CCN(C(=O)Cc3c(F)cccc3Cl)C2)c1. The third-order valence-corrected chi connectivity index (χ3v) is 6.89. The standard InChI is InChI=1S/C23H27ClFNO4S/c1-16-7-8-17(2)19(13-16)23(10-12-30-31(3,28)29)9-11-26(15-23)22(27)14-18-20(24)5-4-6-21(18)25/h4-8,13H,9-12,14-15H2,1-3H3/t23-/m1/s1. The Hall–Kier alpha value is -1.96. The van der Waals surface area contributed by atoms with Gasteiger partial charge >= 0.3 is 0 Å². The van der Waals surface area contributed by atoms with Gasteiger partial charge in [0.15, 0.2) is 0 Å². The zero-order valence-electron chi connectivity index (χ0n) is 18.0. The lowest BCUT2D eigenvalue weighted by Gasteiger charge is -2.32. The third-order valence-electron chi connectivity index (χ3n) is 5.94. The lowest BCUT2D eigenvalue weighted by molar-refractivity contribution is -0.129. The molecule has 8 heteroatoms. The molecule has 5 nitrogen and oxygen atoms in total. The number of aryl methyl sites for hydroxylation is 2. The highest BCUT2D eigenvalue weighted by molar-refractivity contribution is 7.85. The Labute approximate surface area is 188 Å². The minimum Gasteiger partial charge on any atom is -0.341 e. The molecule has 0 radical (unpaired) electrons. The smallest absolute Gasteiger partial charge is 0.264 e. The molecule has 1 atom stereocenters. The maximum atomic E-state index is 14.2. The molecule has 3 rings (SSSR count).